The van der Waals surface area contributed by atoms with Crippen molar-refractivity contribution >= 4 is 11.8 Å². The Morgan fingerprint density at radius 2 is 2.27 bits per heavy atom. The zero-order valence-corrected chi connectivity index (χ0v) is 8.28. The van der Waals surface area contributed by atoms with Gasteiger partial charge in [0.15, 0.2) is 5.78 Å². The summed E-state index contributed by atoms with van der Waals surface area (Å²) in [7, 11) is 1.32. The SMILES string of the molecule is COC(=O)c1ccc2c(c1)CC(=O)CO2. The minimum atomic E-state index is -0.407. The molecule has 1 aliphatic rings. The topological polar surface area (TPSA) is 52.6 Å². The van der Waals surface area contributed by atoms with Crippen molar-refractivity contribution < 1.29 is 19.1 Å². The highest BCUT2D eigenvalue weighted by molar-refractivity contribution is 5.91. The molecule has 0 spiro atoms. The maximum Gasteiger partial charge on any atom is 0.337 e. The third-order valence-corrected chi connectivity index (χ3v) is 2.26. The summed E-state index contributed by atoms with van der Waals surface area (Å²) < 4.78 is 9.79. The van der Waals surface area contributed by atoms with Gasteiger partial charge in [-0.25, -0.2) is 4.79 Å². The minimum absolute atomic E-state index is 0.0181. The molecule has 1 heterocycles. The Labute approximate surface area is 86.8 Å². The van der Waals surface area contributed by atoms with Crippen LogP contribution in [0.15, 0.2) is 18.2 Å². The quantitative estimate of drug-likeness (QED) is 0.642. The summed E-state index contributed by atoms with van der Waals surface area (Å²) in [5.74, 6) is 0.280. The molecular weight excluding hydrogens is 196 g/mol. The van der Waals surface area contributed by atoms with E-state index in [2.05, 4.69) is 4.74 Å². The lowest BCUT2D eigenvalue weighted by Gasteiger charge is -2.16. The van der Waals surface area contributed by atoms with Gasteiger partial charge in [0.05, 0.1) is 12.7 Å². The summed E-state index contributed by atoms with van der Waals surface area (Å²) >= 11 is 0. The average molecular weight is 206 g/mol. The summed E-state index contributed by atoms with van der Waals surface area (Å²) in [4.78, 5) is 22.4. The number of hydrogen-bond acceptors (Lipinski definition) is 4. The molecule has 0 bridgehead atoms. The number of fused-ring (bicyclic) bond motifs is 1. The Bertz CT molecular complexity index is 423. The van der Waals surface area contributed by atoms with E-state index in [1.165, 1.54) is 7.11 Å². The molecule has 0 amide bonds. The second-order valence-corrected chi connectivity index (χ2v) is 3.32. The number of rotatable bonds is 1. The highest BCUT2D eigenvalue weighted by Gasteiger charge is 2.18. The van der Waals surface area contributed by atoms with E-state index in [-0.39, 0.29) is 12.4 Å². The van der Waals surface area contributed by atoms with Crippen molar-refractivity contribution in [1.82, 2.24) is 0 Å². The molecule has 2 rings (SSSR count). The fraction of sp³-hybridized carbons (Fsp3) is 0.273. The lowest BCUT2D eigenvalue weighted by atomic mass is 10.0. The summed E-state index contributed by atoms with van der Waals surface area (Å²) in [6.07, 6.45) is 0.320. The summed E-state index contributed by atoms with van der Waals surface area (Å²) in [6.45, 7) is 0.116. The molecule has 1 aromatic carbocycles. The van der Waals surface area contributed by atoms with Crippen molar-refractivity contribution in [2.24, 2.45) is 0 Å². The maximum absolute atomic E-state index is 11.2. The Balaban J connectivity index is 2.36. The Morgan fingerprint density at radius 1 is 1.47 bits per heavy atom. The van der Waals surface area contributed by atoms with Crippen molar-refractivity contribution in [2.75, 3.05) is 13.7 Å². The second-order valence-electron chi connectivity index (χ2n) is 3.32. The standard InChI is InChI=1S/C11H10O4/c1-14-11(13)7-2-3-10-8(4-7)5-9(12)6-15-10/h2-4H,5-6H2,1H3. The average Bonchev–Trinajstić information content (AvgIpc) is 2.27. The molecule has 4 heteroatoms. The normalized spacial score (nSPS) is 14.1. The molecule has 0 saturated heterocycles. The molecule has 0 aliphatic carbocycles. The lowest BCUT2D eigenvalue weighted by molar-refractivity contribution is -0.121. The molecule has 1 aromatic rings. The highest BCUT2D eigenvalue weighted by atomic mass is 16.5. The number of esters is 1. The van der Waals surface area contributed by atoms with Gasteiger partial charge in [0.25, 0.3) is 0 Å². The number of benzene rings is 1. The van der Waals surface area contributed by atoms with Crippen LogP contribution < -0.4 is 4.74 Å². The number of hydrogen-bond donors (Lipinski definition) is 0. The fourth-order valence-corrected chi connectivity index (χ4v) is 1.52. The molecule has 0 saturated carbocycles. The molecule has 78 valence electrons. The first-order chi connectivity index (χ1) is 7.20. The van der Waals surface area contributed by atoms with E-state index in [0.29, 0.717) is 17.7 Å². The van der Waals surface area contributed by atoms with Crippen molar-refractivity contribution in [3.8, 4) is 5.75 Å². The highest BCUT2D eigenvalue weighted by Crippen LogP contribution is 2.24. The third-order valence-electron chi connectivity index (χ3n) is 2.26. The first kappa shape index (κ1) is 9.71. The maximum atomic E-state index is 11.2. The van der Waals surface area contributed by atoms with E-state index in [1.807, 2.05) is 0 Å². The predicted octanol–water partition coefficient (Wildman–Crippen LogP) is 0.977. The Morgan fingerprint density at radius 3 is 3.00 bits per heavy atom. The molecule has 0 unspecified atom stereocenters. The number of ether oxygens (including phenoxy) is 2. The largest absolute Gasteiger partial charge is 0.486 e. The van der Waals surface area contributed by atoms with Crippen LogP contribution >= 0.6 is 0 Å². The number of carbonyl (C=O) groups is 2. The lowest BCUT2D eigenvalue weighted by Crippen LogP contribution is -2.20. The second kappa shape index (κ2) is 3.73. The summed E-state index contributed by atoms with van der Waals surface area (Å²) in [6, 6.07) is 4.95. The van der Waals surface area contributed by atoms with E-state index >= 15 is 0 Å². The van der Waals surface area contributed by atoms with Crippen molar-refractivity contribution in [3.63, 3.8) is 0 Å². The third kappa shape index (κ3) is 1.83. The zero-order chi connectivity index (χ0) is 10.8. The predicted molar refractivity (Wildman–Crippen MR) is 52.0 cm³/mol. The van der Waals surface area contributed by atoms with Gasteiger partial charge in [0.2, 0.25) is 0 Å². The molecule has 0 N–H and O–H groups in total. The van der Waals surface area contributed by atoms with E-state index in [4.69, 9.17) is 4.74 Å². The molecule has 0 fully saturated rings. The molecule has 15 heavy (non-hydrogen) atoms. The van der Waals surface area contributed by atoms with Crippen LogP contribution in [0.2, 0.25) is 0 Å². The van der Waals surface area contributed by atoms with Gasteiger partial charge in [-0.3, -0.25) is 4.79 Å². The number of ketones is 1. The number of carbonyl (C=O) groups excluding carboxylic acids is 2. The van der Waals surface area contributed by atoms with E-state index in [1.54, 1.807) is 18.2 Å². The van der Waals surface area contributed by atoms with Crippen LogP contribution in [-0.2, 0) is 16.0 Å². The molecule has 0 radical (unpaired) electrons. The monoisotopic (exact) mass is 206 g/mol. The fourth-order valence-electron chi connectivity index (χ4n) is 1.52. The van der Waals surface area contributed by atoms with Crippen LogP contribution in [0, 0.1) is 0 Å². The van der Waals surface area contributed by atoms with Crippen LogP contribution in [0.3, 0.4) is 0 Å². The van der Waals surface area contributed by atoms with E-state index in [9.17, 15) is 9.59 Å². The van der Waals surface area contributed by atoms with Crippen LogP contribution in [0.1, 0.15) is 15.9 Å². The zero-order valence-electron chi connectivity index (χ0n) is 8.28. The van der Waals surface area contributed by atoms with E-state index < -0.39 is 5.97 Å². The van der Waals surface area contributed by atoms with Gasteiger partial charge in [-0.05, 0) is 18.2 Å². The number of Topliss-reactive ketones (excluding diaryl/α,β-unsaturated/α-hetero) is 1. The number of methoxy groups -OCH3 is 1. The van der Waals surface area contributed by atoms with Gasteiger partial charge in [-0.15, -0.1) is 0 Å². The molecular formula is C11H10O4. The minimum Gasteiger partial charge on any atom is -0.486 e. The van der Waals surface area contributed by atoms with Crippen molar-refractivity contribution in [2.45, 2.75) is 6.42 Å². The van der Waals surface area contributed by atoms with Crippen LogP contribution in [0.5, 0.6) is 5.75 Å². The van der Waals surface area contributed by atoms with Gasteiger partial charge in [0.1, 0.15) is 12.4 Å². The van der Waals surface area contributed by atoms with Gasteiger partial charge in [-0.2, -0.15) is 0 Å². The Kier molecular flexibility index (Phi) is 2.41. The van der Waals surface area contributed by atoms with E-state index in [0.717, 1.165) is 5.56 Å². The molecule has 0 atom stereocenters. The van der Waals surface area contributed by atoms with Crippen molar-refractivity contribution in [1.29, 1.82) is 0 Å². The van der Waals surface area contributed by atoms with Gasteiger partial charge in [-0.1, -0.05) is 0 Å². The molecule has 4 nitrogen and oxygen atoms in total. The smallest absolute Gasteiger partial charge is 0.337 e. The van der Waals surface area contributed by atoms with Gasteiger partial charge < -0.3 is 9.47 Å². The summed E-state index contributed by atoms with van der Waals surface area (Å²) in [5, 5.41) is 0. The Hall–Kier alpha value is -1.84. The van der Waals surface area contributed by atoms with Gasteiger partial charge >= 0.3 is 5.97 Å². The van der Waals surface area contributed by atoms with Crippen LogP contribution in [0.4, 0.5) is 0 Å². The van der Waals surface area contributed by atoms with Gasteiger partial charge in [0, 0.05) is 12.0 Å². The molecule has 1 aliphatic heterocycles. The first-order valence-corrected chi connectivity index (χ1v) is 4.56. The van der Waals surface area contributed by atoms with Crippen LogP contribution in [-0.4, -0.2) is 25.5 Å². The molecule has 0 aromatic heterocycles. The van der Waals surface area contributed by atoms with Crippen molar-refractivity contribution in [3.05, 3.63) is 29.3 Å². The van der Waals surface area contributed by atoms with Crippen LogP contribution in [0.25, 0.3) is 0 Å². The first-order valence-electron chi connectivity index (χ1n) is 4.56. The summed E-state index contributed by atoms with van der Waals surface area (Å²) in [5.41, 5.74) is 1.18.